The van der Waals surface area contributed by atoms with Gasteiger partial charge in [-0.1, -0.05) is 46.9 Å². The number of hydrogen-bond donors (Lipinski definition) is 1. The number of halogens is 3. The van der Waals surface area contributed by atoms with E-state index in [0.717, 1.165) is 5.56 Å². The maximum atomic E-state index is 12.0. The Morgan fingerprint density at radius 1 is 1.20 bits per heavy atom. The molecule has 1 amide bonds. The van der Waals surface area contributed by atoms with Crippen molar-refractivity contribution in [1.82, 2.24) is 10.3 Å². The smallest absolute Gasteiger partial charge is 0.271 e. The molecule has 0 unspecified atom stereocenters. The van der Waals surface area contributed by atoms with Crippen LogP contribution in [-0.2, 0) is 6.61 Å². The number of hydrazone groups is 1. The van der Waals surface area contributed by atoms with E-state index < -0.39 is 5.91 Å². The molecule has 0 fully saturated rings. The van der Waals surface area contributed by atoms with Crippen LogP contribution >= 0.6 is 34.8 Å². The van der Waals surface area contributed by atoms with Crippen molar-refractivity contribution in [2.75, 3.05) is 14.1 Å². The molecule has 0 aliphatic carbocycles. The van der Waals surface area contributed by atoms with E-state index in [9.17, 15) is 4.79 Å². The van der Waals surface area contributed by atoms with Crippen LogP contribution in [0.3, 0.4) is 0 Å². The lowest BCUT2D eigenvalue weighted by molar-refractivity contribution is 0.0954. The highest BCUT2D eigenvalue weighted by Crippen LogP contribution is 2.35. The van der Waals surface area contributed by atoms with Crippen LogP contribution in [0.4, 0.5) is 0 Å². The number of benzene rings is 2. The van der Waals surface area contributed by atoms with Gasteiger partial charge in [-0.05, 0) is 29.8 Å². The third-order valence-electron chi connectivity index (χ3n) is 2.99. The summed E-state index contributed by atoms with van der Waals surface area (Å²) in [6.07, 6.45) is 1.46. The number of carbonyl (C=O) groups is 1. The fourth-order valence-electron chi connectivity index (χ4n) is 1.88. The molecule has 2 aromatic rings. The van der Waals surface area contributed by atoms with Gasteiger partial charge >= 0.3 is 0 Å². The van der Waals surface area contributed by atoms with Gasteiger partial charge in [0.2, 0.25) is 0 Å². The minimum absolute atomic E-state index is 0.233. The first-order chi connectivity index (χ1) is 11.9. The molecule has 0 heterocycles. The van der Waals surface area contributed by atoms with Crippen molar-refractivity contribution in [2.45, 2.75) is 6.61 Å². The monoisotopic (exact) mass is 399 g/mol. The van der Waals surface area contributed by atoms with Crippen LogP contribution in [-0.4, -0.2) is 31.2 Å². The molecule has 0 aliphatic heterocycles. The average Bonchev–Trinajstić information content (AvgIpc) is 2.53. The maximum Gasteiger partial charge on any atom is 0.271 e. The molecule has 0 atom stereocenters. The quantitative estimate of drug-likeness (QED) is 0.442. The lowest BCUT2D eigenvalue weighted by Crippen LogP contribution is -2.20. The predicted molar refractivity (Wildman–Crippen MR) is 102 cm³/mol. The molecule has 0 radical (unpaired) electrons. The summed E-state index contributed by atoms with van der Waals surface area (Å²) in [7, 11) is 3.57. The number of rotatable bonds is 6. The van der Waals surface area contributed by atoms with E-state index in [4.69, 9.17) is 39.5 Å². The molecule has 2 rings (SSSR count). The molecule has 25 heavy (non-hydrogen) atoms. The second-order valence-electron chi connectivity index (χ2n) is 5.34. The van der Waals surface area contributed by atoms with E-state index >= 15 is 0 Å². The first kappa shape index (κ1) is 19.4. The molecule has 5 nitrogen and oxygen atoms in total. The van der Waals surface area contributed by atoms with E-state index in [1.54, 1.807) is 31.1 Å². The fraction of sp³-hybridized carbons (Fsp3) is 0.176. The van der Waals surface area contributed by atoms with Crippen LogP contribution in [0.15, 0.2) is 41.5 Å². The summed E-state index contributed by atoms with van der Waals surface area (Å²) in [6.45, 7) is 0.249. The molecule has 0 saturated heterocycles. The summed E-state index contributed by atoms with van der Waals surface area (Å²) in [5.41, 5.74) is 3.54. The number of hydrogen-bond acceptors (Lipinski definition) is 3. The van der Waals surface area contributed by atoms with Crippen LogP contribution < -0.4 is 10.2 Å². The summed E-state index contributed by atoms with van der Waals surface area (Å²) in [6, 6.07) is 10.2. The van der Waals surface area contributed by atoms with Crippen LogP contribution in [0.1, 0.15) is 15.9 Å². The molecule has 0 bridgehead atoms. The minimum Gasteiger partial charge on any atom is -0.486 e. The van der Waals surface area contributed by atoms with Gasteiger partial charge < -0.3 is 9.64 Å². The SMILES string of the molecule is CN(C)C=NNC(=O)c1cc(Cl)c(OCc2cccc(Cl)c2)c(Cl)c1. The number of nitrogens with one attached hydrogen (secondary N) is 1. The van der Waals surface area contributed by atoms with Crippen molar-refractivity contribution in [1.29, 1.82) is 0 Å². The predicted octanol–water partition coefficient (Wildman–Crippen LogP) is 4.46. The van der Waals surface area contributed by atoms with Crippen molar-refractivity contribution in [3.63, 3.8) is 0 Å². The molecular weight excluding hydrogens is 385 g/mol. The van der Waals surface area contributed by atoms with Gasteiger partial charge in [0.15, 0.2) is 5.75 Å². The van der Waals surface area contributed by atoms with Crippen molar-refractivity contribution < 1.29 is 9.53 Å². The van der Waals surface area contributed by atoms with Gasteiger partial charge in [-0.3, -0.25) is 4.79 Å². The molecule has 132 valence electrons. The Labute approximate surface area is 161 Å². The average molecular weight is 401 g/mol. The van der Waals surface area contributed by atoms with Gasteiger partial charge in [-0.15, -0.1) is 0 Å². The van der Waals surface area contributed by atoms with Crippen LogP contribution in [0.5, 0.6) is 5.75 Å². The van der Waals surface area contributed by atoms with E-state index in [0.29, 0.717) is 10.8 Å². The number of nitrogens with zero attached hydrogens (tertiary/aromatic N) is 2. The van der Waals surface area contributed by atoms with Crippen molar-refractivity contribution in [3.05, 3.63) is 62.6 Å². The Bertz CT molecular complexity index is 771. The van der Waals surface area contributed by atoms with E-state index in [-0.39, 0.29) is 22.2 Å². The van der Waals surface area contributed by atoms with Crippen molar-refractivity contribution in [2.24, 2.45) is 5.10 Å². The lowest BCUT2D eigenvalue weighted by atomic mass is 10.2. The van der Waals surface area contributed by atoms with Crippen LogP contribution in [0, 0.1) is 0 Å². The number of ether oxygens (including phenoxy) is 1. The highest BCUT2D eigenvalue weighted by Gasteiger charge is 2.14. The first-order valence-corrected chi connectivity index (χ1v) is 8.36. The molecule has 2 aromatic carbocycles. The molecular formula is C17H16Cl3N3O2. The molecule has 0 saturated carbocycles. The van der Waals surface area contributed by atoms with Crippen LogP contribution in [0.25, 0.3) is 0 Å². The van der Waals surface area contributed by atoms with Gasteiger partial charge in [0.1, 0.15) is 12.9 Å². The Morgan fingerprint density at radius 2 is 1.88 bits per heavy atom. The normalized spacial score (nSPS) is 10.8. The van der Waals surface area contributed by atoms with E-state index in [2.05, 4.69) is 10.5 Å². The third-order valence-corrected chi connectivity index (χ3v) is 3.78. The van der Waals surface area contributed by atoms with Crippen LogP contribution in [0.2, 0.25) is 15.1 Å². The second-order valence-corrected chi connectivity index (χ2v) is 6.59. The Hall–Kier alpha value is -1.95. The van der Waals surface area contributed by atoms with Gasteiger partial charge in [0, 0.05) is 24.7 Å². The zero-order valence-corrected chi connectivity index (χ0v) is 15.9. The highest BCUT2D eigenvalue weighted by molar-refractivity contribution is 6.37. The zero-order chi connectivity index (χ0) is 18.4. The van der Waals surface area contributed by atoms with Gasteiger partial charge in [-0.2, -0.15) is 5.10 Å². The summed E-state index contributed by atoms with van der Waals surface area (Å²) < 4.78 is 5.67. The lowest BCUT2D eigenvalue weighted by Gasteiger charge is -2.12. The molecule has 8 heteroatoms. The molecule has 0 aliphatic rings. The number of amides is 1. The zero-order valence-electron chi connectivity index (χ0n) is 13.6. The van der Waals surface area contributed by atoms with E-state index in [1.165, 1.54) is 18.5 Å². The topological polar surface area (TPSA) is 53.9 Å². The maximum absolute atomic E-state index is 12.0. The largest absolute Gasteiger partial charge is 0.486 e. The van der Waals surface area contributed by atoms with Crippen molar-refractivity contribution in [3.8, 4) is 5.75 Å². The van der Waals surface area contributed by atoms with Gasteiger partial charge in [0.05, 0.1) is 10.0 Å². The first-order valence-electron chi connectivity index (χ1n) is 7.23. The van der Waals surface area contributed by atoms with Crippen molar-refractivity contribution >= 4 is 47.0 Å². The van der Waals surface area contributed by atoms with Gasteiger partial charge in [0.25, 0.3) is 5.91 Å². The summed E-state index contributed by atoms with van der Waals surface area (Å²) >= 11 is 18.3. The second kappa shape index (κ2) is 8.94. The fourth-order valence-corrected chi connectivity index (χ4v) is 2.69. The Morgan fingerprint density at radius 3 is 2.48 bits per heavy atom. The summed E-state index contributed by atoms with van der Waals surface area (Å²) in [4.78, 5) is 13.7. The summed E-state index contributed by atoms with van der Waals surface area (Å²) in [5, 5.41) is 4.86. The molecule has 1 N–H and O–H groups in total. The molecule has 0 aromatic heterocycles. The third kappa shape index (κ3) is 5.81. The Balaban J connectivity index is 2.10. The highest BCUT2D eigenvalue weighted by atomic mass is 35.5. The molecule has 0 spiro atoms. The minimum atomic E-state index is -0.428. The summed E-state index contributed by atoms with van der Waals surface area (Å²) in [5.74, 6) is -0.125. The Kier molecular flexibility index (Phi) is 6.93. The standard InChI is InChI=1S/C17H16Cl3N3O2/c1-23(2)10-21-22-17(24)12-7-14(19)16(15(20)8-12)25-9-11-4-3-5-13(18)6-11/h3-8,10H,9H2,1-2H3,(H,22,24). The van der Waals surface area contributed by atoms with Gasteiger partial charge in [-0.25, -0.2) is 5.43 Å². The number of carbonyl (C=O) groups excluding carboxylic acids is 1. The van der Waals surface area contributed by atoms with E-state index in [1.807, 2.05) is 12.1 Å².